The first kappa shape index (κ1) is 31.4. The lowest BCUT2D eigenvalue weighted by molar-refractivity contribution is 0.590. The van der Waals surface area contributed by atoms with E-state index >= 15 is 0 Å². The average Bonchev–Trinajstić information content (AvgIpc) is 3.92. The quantitative estimate of drug-likeness (QED) is 0.136. The lowest BCUT2D eigenvalue weighted by Gasteiger charge is -2.20. The first-order chi connectivity index (χ1) is 22.3. The van der Waals surface area contributed by atoms with Crippen LogP contribution in [0.4, 0.5) is 0 Å². The highest BCUT2D eigenvalue weighted by atomic mass is 15.0. The molecule has 0 radical (unpaired) electrons. The van der Waals surface area contributed by atoms with Gasteiger partial charge in [0, 0.05) is 23.6 Å². The molecule has 7 N–H and O–H groups in total. The molecule has 4 heterocycles. The van der Waals surface area contributed by atoms with Gasteiger partial charge in [-0.25, -0.2) is 4.98 Å². The van der Waals surface area contributed by atoms with Gasteiger partial charge in [0.2, 0.25) is 0 Å². The van der Waals surface area contributed by atoms with Crippen LogP contribution in [0.1, 0.15) is 69.4 Å². The number of aromatic nitrogens is 3. The molecule has 2 fully saturated rings. The molecule has 0 bridgehead atoms. The van der Waals surface area contributed by atoms with Crippen molar-refractivity contribution in [2.24, 2.45) is 11.5 Å². The second-order valence-corrected chi connectivity index (χ2v) is 13.3. The average molecular weight is 614 g/mol. The van der Waals surface area contributed by atoms with E-state index in [9.17, 15) is 0 Å². The van der Waals surface area contributed by atoms with Crippen LogP contribution in [0.15, 0.2) is 97.5 Å². The van der Waals surface area contributed by atoms with Gasteiger partial charge in [-0.1, -0.05) is 81.4 Å². The molecule has 0 saturated carbocycles. The normalized spacial score (nSPS) is 16.8. The molecule has 1 atom stereocenters. The zero-order chi connectivity index (χ0) is 32.1. The van der Waals surface area contributed by atoms with Crippen LogP contribution >= 0.6 is 0 Å². The van der Waals surface area contributed by atoms with Crippen LogP contribution in [0.5, 0.6) is 0 Å². The highest BCUT2D eigenvalue weighted by Gasteiger charge is 2.20. The number of H-pyrrole nitrogens is 1. The molecule has 1 unspecified atom stereocenters. The minimum atomic E-state index is 0.0891. The van der Waals surface area contributed by atoms with Gasteiger partial charge in [0.15, 0.2) is 0 Å². The number of rotatable bonds is 6. The molecule has 238 valence electrons. The molecule has 0 aliphatic carbocycles. The standard InChI is InChI=1S/C35H38N6.C4H9N/c1-35(2,3)27-14-10-26(11-15-27)33-29(23-6-8-24(9-7-23)30(37)21-36)18-20-41(33)28-16-12-25(13-17-28)32-22-39-34(40-32)31-5-4-19-38-31;1-2-4-5-3-1/h6-18,20-22,31,38H,4-5,19,36-37H2,1-3H3,(H,39,40);5H,1-4H2/b30-21-;. The van der Waals surface area contributed by atoms with Gasteiger partial charge in [0.25, 0.3) is 0 Å². The number of nitrogens with one attached hydrogen (secondary N) is 3. The predicted octanol–water partition coefficient (Wildman–Crippen LogP) is 7.51. The van der Waals surface area contributed by atoms with Crippen molar-refractivity contribution >= 4 is 5.70 Å². The molecule has 3 aromatic carbocycles. The molecule has 2 aliphatic rings. The minimum Gasteiger partial charge on any atom is -0.403 e. The molecule has 7 rings (SSSR count). The topological polar surface area (TPSA) is 110 Å². The SMILES string of the molecule is C1CCNC1.CC(C)(C)c1ccc(-c2c(-c3ccc(/C(N)=C/N)cc3)ccn2-c2ccc(-c3cnc(C4CCCN4)[nH]3)cc2)cc1. The molecule has 7 heteroatoms. The largest absolute Gasteiger partial charge is 0.403 e. The van der Waals surface area contributed by atoms with Crippen LogP contribution in [0.25, 0.3) is 45.0 Å². The Kier molecular flexibility index (Phi) is 9.43. The zero-order valence-electron chi connectivity index (χ0n) is 27.3. The molecule has 2 saturated heterocycles. The number of aromatic amines is 1. The summed E-state index contributed by atoms with van der Waals surface area (Å²) in [5.74, 6) is 1.02. The third-order valence-corrected chi connectivity index (χ3v) is 9.02. The number of hydrogen-bond donors (Lipinski definition) is 5. The molecule has 5 aromatic rings. The van der Waals surface area contributed by atoms with E-state index in [1.54, 1.807) is 0 Å². The van der Waals surface area contributed by atoms with Crippen molar-refractivity contribution in [1.29, 1.82) is 0 Å². The van der Waals surface area contributed by atoms with Gasteiger partial charge in [-0.15, -0.1) is 0 Å². The summed E-state index contributed by atoms with van der Waals surface area (Å²) >= 11 is 0. The first-order valence-corrected chi connectivity index (χ1v) is 16.5. The fourth-order valence-electron chi connectivity index (χ4n) is 6.25. The summed E-state index contributed by atoms with van der Waals surface area (Å²) < 4.78 is 2.27. The Balaban J connectivity index is 0.000000679. The van der Waals surface area contributed by atoms with Crippen LogP contribution in [-0.4, -0.2) is 34.2 Å². The monoisotopic (exact) mass is 613 g/mol. The lowest BCUT2D eigenvalue weighted by Crippen LogP contribution is -2.14. The van der Waals surface area contributed by atoms with Crippen LogP contribution in [-0.2, 0) is 5.41 Å². The van der Waals surface area contributed by atoms with Gasteiger partial charge in [-0.2, -0.15) is 0 Å². The van der Waals surface area contributed by atoms with Crippen molar-refractivity contribution in [1.82, 2.24) is 25.2 Å². The van der Waals surface area contributed by atoms with E-state index in [4.69, 9.17) is 11.5 Å². The highest BCUT2D eigenvalue weighted by Crippen LogP contribution is 2.37. The summed E-state index contributed by atoms with van der Waals surface area (Å²) in [6.45, 7) is 10.3. The van der Waals surface area contributed by atoms with E-state index < -0.39 is 0 Å². The van der Waals surface area contributed by atoms with Gasteiger partial charge < -0.3 is 31.7 Å². The van der Waals surface area contributed by atoms with Crippen LogP contribution in [0.3, 0.4) is 0 Å². The number of hydrogen-bond acceptors (Lipinski definition) is 5. The summed E-state index contributed by atoms with van der Waals surface area (Å²) in [5.41, 5.74) is 22.4. The molecule has 2 aromatic heterocycles. The molecule has 7 nitrogen and oxygen atoms in total. The molecular weight excluding hydrogens is 566 g/mol. The van der Waals surface area contributed by atoms with Crippen LogP contribution in [0.2, 0.25) is 0 Å². The minimum absolute atomic E-state index is 0.0891. The number of benzene rings is 3. The van der Waals surface area contributed by atoms with E-state index in [0.717, 1.165) is 63.7 Å². The van der Waals surface area contributed by atoms with Gasteiger partial charge in [-0.3, -0.25) is 0 Å². The Morgan fingerprint density at radius 2 is 1.50 bits per heavy atom. The first-order valence-electron chi connectivity index (χ1n) is 16.5. The summed E-state index contributed by atoms with van der Waals surface area (Å²) in [7, 11) is 0. The van der Waals surface area contributed by atoms with Gasteiger partial charge in [0.05, 0.1) is 29.3 Å². The smallest absolute Gasteiger partial charge is 0.123 e. The van der Waals surface area contributed by atoms with Crippen molar-refractivity contribution in [3.05, 3.63) is 114 Å². The van der Waals surface area contributed by atoms with Crippen molar-refractivity contribution in [3.63, 3.8) is 0 Å². The Morgan fingerprint density at radius 1 is 0.826 bits per heavy atom. The Bertz CT molecular complexity index is 1730. The summed E-state index contributed by atoms with van der Waals surface area (Å²) in [5, 5.41) is 6.74. The third kappa shape index (κ3) is 6.96. The van der Waals surface area contributed by atoms with E-state index in [1.165, 1.54) is 44.1 Å². The predicted molar refractivity (Wildman–Crippen MR) is 191 cm³/mol. The van der Waals surface area contributed by atoms with Crippen molar-refractivity contribution in [2.45, 2.75) is 57.9 Å². The Hall–Kier alpha value is -4.59. The fraction of sp³-hybridized carbons (Fsp3) is 0.308. The number of nitrogens with zero attached hydrogens (tertiary/aromatic N) is 2. The number of nitrogens with two attached hydrogens (primary N) is 2. The van der Waals surface area contributed by atoms with Crippen LogP contribution < -0.4 is 22.1 Å². The van der Waals surface area contributed by atoms with E-state index in [1.807, 2.05) is 18.3 Å². The maximum absolute atomic E-state index is 6.04. The molecule has 2 aliphatic heterocycles. The number of imidazole rings is 1. The zero-order valence-corrected chi connectivity index (χ0v) is 27.3. The maximum atomic E-state index is 6.04. The van der Waals surface area contributed by atoms with Gasteiger partial charge >= 0.3 is 0 Å². The lowest BCUT2D eigenvalue weighted by atomic mass is 9.86. The third-order valence-electron chi connectivity index (χ3n) is 9.02. The Morgan fingerprint density at radius 3 is 2.09 bits per heavy atom. The molecule has 46 heavy (non-hydrogen) atoms. The van der Waals surface area contributed by atoms with Crippen molar-refractivity contribution < 1.29 is 0 Å². The second-order valence-electron chi connectivity index (χ2n) is 13.3. The van der Waals surface area contributed by atoms with Gasteiger partial charge in [0.1, 0.15) is 5.82 Å². The summed E-state index contributed by atoms with van der Waals surface area (Å²) in [4.78, 5) is 8.18. The Labute approximate surface area is 273 Å². The van der Waals surface area contributed by atoms with E-state index in [0.29, 0.717) is 11.7 Å². The van der Waals surface area contributed by atoms with Crippen molar-refractivity contribution in [3.8, 4) is 39.3 Å². The molecular formula is C39H47N7. The van der Waals surface area contributed by atoms with Crippen molar-refractivity contribution in [2.75, 3.05) is 19.6 Å². The highest BCUT2D eigenvalue weighted by molar-refractivity contribution is 5.84. The molecule has 0 amide bonds. The fourth-order valence-corrected chi connectivity index (χ4v) is 6.25. The van der Waals surface area contributed by atoms with E-state index in [2.05, 4.69) is 119 Å². The van der Waals surface area contributed by atoms with Gasteiger partial charge in [-0.05, 0) is 96.7 Å². The second kappa shape index (κ2) is 13.8. The van der Waals surface area contributed by atoms with E-state index in [-0.39, 0.29) is 5.41 Å². The summed E-state index contributed by atoms with van der Waals surface area (Å²) in [6.07, 6.45) is 10.6. The maximum Gasteiger partial charge on any atom is 0.123 e. The van der Waals surface area contributed by atoms with Crippen LogP contribution in [0, 0.1) is 0 Å². The summed E-state index contributed by atoms with van der Waals surface area (Å²) in [6, 6.07) is 28.4. The molecule has 0 spiro atoms.